The van der Waals surface area contributed by atoms with Crippen LogP contribution in [0.1, 0.15) is 24.0 Å². The Morgan fingerprint density at radius 3 is 2.52 bits per heavy atom. The Bertz CT molecular complexity index is 886. The zero-order valence-corrected chi connectivity index (χ0v) is 15.9. The normalized spacial score (nSPS) is 13.6. The summed E-state index contributed by atoms with van der Waals surface area (Å²) < 4.78 is 39.9. The maximum absolute atomic E-state index is 13.3. The van der Waals surface area contributed by atoms with E-state index in [0.29, 0.717) is 31.1 Å². The molecule has 0 aliphatic heterocycles. The standard InChI is InChI=1S/C22H22F3N3O/c1-26-20-10-9-18(13-19(20)22(23,24)25)28(14-17-7-8-17)15-21(29)27-12-11-16-5-3-2-4-6-16/h2-6,9-10,13,17H,7-8,11-12,14-15H2,(H,27,29). The zero-order valence-electron chi connectivity index (χ0n) is 15.9. The summed E-state index contributed by atoms with van der Waals surface area (Å²) in [5.41, 5.74) is 0.0252. The molecule has 0 aromatic heterocycles. The summed E-state index contributed by atoms with van der Waals surface area (Å²) in [6.45, 7) is 7.95. The summed E-state index contributed by atoms with van der Waals surface area (Å²) in [6.07, 6.45) is -1.90. The summed E-state index contributed by atoms with van der Waals surface area (Å²) in [6, 6.07) is 13.4. The number of amides is 1. The molecule has 1 N–H and O–H groups in total. The fourth-order valence-electron chi connectivity index (χ4n) is 3.14. The van der Waals surface area contributed by atoms with Crippen LogP contribution in [0.3, 0.4) is 0 Å². The van der Waals surface area contributed by atoms with Gasteiger partial charge in [-0.05, 0) is 42.9 Å². The van der Waals surface area contributed by atoms with Crippen LogP contribution in [0.5, 0.6) is 0 Å². The molecule has 152 valence electrons. The van der Waals surface area contributed by atoms with Crippen LogP contribution in [-0.2, 0) is 17.4 Å². The van der Waals surface area contributed by atoms with Gasteiger partial charge in [-0.2, -0.15) is 13.2 Å². The fraction of sp³-hybridized carbons (Fsp3) is 0.364. The van der Waals surface area contributed by atoms with Gasteiger partial charge in [0.25, 0.3) is 0 Å². The number of carbonyl (C=O) groups excluding carboxylic acids is 1. The molecule has 0 spiro atoms. The molecule has 3 rings (SSSR count). The van der Waals surface area contributed by atoms with Gasteiger partial charge in [-0.15, -0.1) is 0 Å². The van der Waals surface area contributed by atoms with Gasteiger partial charge in [0, 0.05) is 18.8 Å². The van der Waals surface area contributed by atoms with Gasteiger partial charge in [0.1, 0.15) is 0 Å². The van der Waals surface area contributed by atoms with E-state index < -0.39 is 17.4 Å². The minimum atomic E-state index is -4.61. The predicted molar refractivity (Wildman–Crippen MR) is 106 cm³/mol. The van der Waals surface area contributed by atoms with Crippen LogP contribution in [0.2, 0.25) is 0 Å². The Morgan fingerprint density at radius 1 is 1.17 bits per heavy atom. The number of anilines is 1. The van der Waals surface area contributed by atoms with E-state index in [1.165, 1.54) is 12.1 Å². The molecule has 2 aromatic carbocycles. The highest BCUT2D eigenvalue weighted by atomic mass is 19.4. The Hall–Kier alpha value is -3.01. The second-order valence-electron chi connectivity index (χ2n) is 7.22. The fourth-order valence-corrected chi connectivity index (χ4v) is 3.14. The molecule has 0 saturated heterocycles. The van der Waals surface area contributed by atoms with Gasteiger partial charge in [0.2, 0.25) is 5.91 Å². The molecule has 0 atom stereocenters. The average Bonchev–Trinajstić information content (AvgIpc) is 3.51. The maximum Gasteiger partial charge on any atom is 0.407 e. The van der Waals surface area contributed by atoms with E-state index in [1.807, 2.05) is 30.3 Å². The summed E-state index contributed by atoms with van der Waals surface area (Å²) in [5, 5.41) is 2.84. The monoisotopic (exact) mass is 401 g/mol. The molecule has 1 aliphatic rings. The number of benzene rings is 2. The minimum Gasteiger partial charge on any atom is -0.362 e. The van der Waals surface area contributed by atoms with Crippen LogP contribution >= 0.6 is 0 Å². The lowest BCUT2D eigenvalue weighted by Gasteiger charge is -2.25. The minimum absolute atomic E-state index is 0.0139. The Labute approximate surface area is 168 Å². The topological polar surface area (TPSA) is 36.7 Å². The molecule has 1 fully saturated rings. The van der Waals surface area contributed by atoms with Crippen molar-refractivity contribution in [2.75, 3.05) is 24.5 Å². The first-order valence-corrected chi connectivity index (χ1v) is 9.51. The van der Waals surface area contributed by atoms with Gasteiger partial charge >= 0.3 is 6.18 Å². The Morgan fingerprint density at radius 2 is 1.90 bits per heavy atom. The van der Waals surface area contributed by atoms with Crippen molar-refractivity contribution in [3.05, 3.63) is 71.1 Å². The summed E-state index contributed by atoms with van der Waals surface area (Å²) in [5.74, 6) is 0.159. The van der Waals surface area contributed by atoms with Crippen molar-refractivity contribution in [1.29, 1.82) is 0 Å². The molecule has 1 aliphatic carbocycles. The zero-order chi connectivity index (χ0) is 20.9. The molecule has 2 aromatic rings. The van der Waals surface area contributed by atoms with Gasteiger partial charge in [0.05, 0.1) is 18.7 Å². The van der Waals surface area contributed by atoms with Gasteiger partial charge in [-0.25, -0.2) is 4.85 Å². The van der Waals surface area contributed by atoms with E-state index in [1.54, 1.807) is 4.90 Å². The second kappa shape index (κ2) is 8.99. The largest absolute Gasteiger partial charge is 0.407 e. The third-order valence-electron chi connectivity index (χ3n) is 4.86. The first-order chi connectivity index (χ1) is 13.9. The van der Waals surface area contributed by atoms with Crippen LogP contribution < -0.4 is 10.2 Å². The lowest BCUT2D eigenvalue weighted by atomic mass is 10.1. The summed E-state index contributed by atoms with van der Waals surface area (Å²) >= 11 is 0. The highest BCUT2D eigenvalue weighted by Gasteiger charge is 2.34. The van der Waals surface area contributed by atoms with Gasteiger partial charge < -0.3 is 10.2 Å². The van der Waals surface area contributed by atoms with E-state index in [4.69, 9.17) is 6.57 Å². The van der Waals surface area contributed by atoms with E-state index in [-0.39, 0.29) is 12.5 Å². The number of hydrogen-bond acceptors (Lipinski definition) is 2. The van der Waals surface area contributed by atoms with Gasteiger partial charge in [0.15, 0.2) is 5.69 Å². The molecule has 1 amide bonds. The van der Waals surface area contributed by atoms with E-state index >= 15 is 0 Å². The first-order valence-electron chi connectivity index (χ1n) is 9.51. The van der Waals surface area contributed by atoms with Gasteiger partial charge in [-0.3, -0.25) is 4.79 Å². The van der Waals surface area contributed by atoms with Gasteiger partial charge in [-0.1, -0.05) is 36.4 Å². The number of carbonyl (C=O) groups is 1. The Kier molecular flexibility index (Phi) is 6.42. The highest BCUT2D eigenvalue weighted by molar-refractivity contribution is 5.81. The summed E-state index contributed by atoms with van der Waals surface area (Å²) in [7, 11) is 0. The van der Waals surface area contributed by atoms with Crippen LogP contribution in [0.4, 0.5) is 24.5 Å². The van der Waals surface area contributed by atoms with Crippen molar-refractivity contribution in [2.24, 2.45) is 5.92 Å². The number of nitrogens with zero attached hydrogens (tertiary/aromatic N) is 2. The van der Waals surface area contributed by atoms with E-state index in [9.17, 15) is 18.0 Å². The second-order valence-corrected chi connectivity index (χ2v) is 7.22. The number of rotatable bonds is 8. The van der Waals surface area contributed by atoms with Crippen molar-refractivity contribution < 1.29 is 18.0 Å². The maximum atomic E-state index is 13.3. The molecule has 0 unspecified atom stereocenters. The number of hydrogen-bond donors (Lipinski definition) is 1. The molecule has 0 radical (unpaired) electrons. The third-order valence-corrected chi connectivity index (χ3v) is 4.86. The average molecular weight is 401 g/mol. The van der Waals surface area contributed by atoms with E-state index in [2.05, 4.69) is 10.2 Å². The van der Waals surface area contributed by atoms with Crippen molar-refractivity contribution in [3.8, 4) is 0 Å². The molecular weight excluding hydrogens is 379 g/mol. The van der Waals surface area contributed by atoms with Crippen LogP contribution in [0.25, 0.3) is 4.85 Å². The molecule has 7 heteroatoms. The van der Waals surface area contributed by atoms with Crippen LogP contribution in [0, 0.1) is 12.5 Å². The van der Waals surface area contributed by atoms with Crippen molar-refractivity contribution in [3.63, 3.8) is 0 Å². The highest BCUT2D eigenvalue weighted by Crippen LogP contribution is 2.39. The Balaban J connectivity index is 1.68. The quantitative estimate of drug-likeness (QED) is 0.643. The number of alkyl halides is 3. The number of nitrogens with one attached hydrogen (secondary N) is 1. The van der Waals surface area contributed by atoms with Crippen molar-refractivity contribution in [1.82, 2.24) is 5.32 Å². The summed E-state index contributed by atoms with van der Waals surface area (Å²) in [4.78, 5) is 17.1. The van der Waals surface area contributed by atoms with E-state index in [0.717, 1.165) is 24.5 Å². The number of halogens is 3. The third kappa shape index (κ3) is 5.98. The van der Waals surface area contributed by atoms with Crippen LogP contribution in [0.15, 0.2) is 48.5 Å². The molecule has 4 nitrogen and oxygen atoms in total. The molecule has 29 heavy (non-hydrogen) atoms. The predicted octanol–water partition coefficient (Wildman–Crippen LogP) is 4.83. The SMILES string of the molecule is [C-]#[N+]c1ccc(N(CC(=O)NCCc2ccccc2)CC2CC2)cc1C(F)(F)F. The lowest BCUT2D eigenvalue weighted by Crippen LogP contribution is -2.39. The molecule has 0 bridgehead atoms. The van der Waals surface area contributed by atoms with Crippen molar-refractivity contribution >= 4 is 17.3 Å². The van der Waals surface area contributed by atoms with Crippen LogP contribution in [-0.4, -0.2) is 25.5 Å². The molecular formula is C22H22F3N3O. The van der Waals surface area contributed by atoms with Crippen molar-refractivity contribution in [2.45, 2.75) is 25.4 Å². The lowest BCUT2D eigenvalue weighted by molar-refractivity contribution is -0.136. The molecule has 1 saturated carbocycles. The smallest absolute Gasteiger partial charge is 0.362 e. The first kappa shape index (κ1) is 20.7. The molecule has 0 heterocycles.